The van der Waals surface area contributed by atoms with Crippen LogP contribution >= 0.6 is 0 Å². The van der Waals surface area contributed by atoms with Crippen LogP contribution in [0.4, 0.5) is 9.18 Å². The Kier molecular flexibility index (Phi) is 4.62. The van der Waals surface area contributed by atoms with Crippen molar-refractivity contribution in [3.05, 3.63) is 35.1 Å². The summed E-state index contributed by atoms with van der Waals surface area (Å²) in [6, 6.07) is 4.48. The van der Waals surface area contributed by atoms with Gasteiger partial charge in [0.25, 0.3) is 0 Å². The number of hydrogen-bond acceptors (Lipinski definition) is 2. The molecule has 0 aromatic heterocycles. The molecule has 0 aliphatic heterocycles. The zero-order valence-electron chi connectivity index (χ0n) is 12.6. The fourth-order valence-corrected chi connectivity index (χ4v) is 3.71. The van der Waals surface area contributed by atoms with E-state index in [0.29, 0.717) is 0 Å². The highest BCUT2D eigenvalue weighted by Crippen LogP contribution is 2.31. The molecule has 2 aliphatic carbocycles. The number of carbonyl (C=O) groups excluding carboxylic acids is 1. The molecule has 1 saturated carbocycles. The molecule has 5 heteroatoms. The Bertz CT molecular complexity index is 549. The van der Waals surface area contributed by atoms with Crippen LogP contribution in [0.25, 0.3) is 0 Å². The Morgan fingerprint density at radius 2 is 2.05 bits per heavy atom. The molecule has 3 rings (SSSR count). The monoisotopic (exact) mass is 306 g/mol. The lowest BCUT2D eigenvalue weighted by atomic mass is 9.85. The smallest absolute Gasteiger partial charge is 0.315 e. The molecule has 0 spiro atoms. The van der Waals surface area contributed by atoms with Crippen molar-refractivity contribution in [2.24, 2.45) is 5.92 Å². The van der Waals surface area contributed by atoms with Gasteiger partial charge in [-0.2, -0.15) is 0 Å². The van der Waals surface area contributed by atoms with E-state index in [2.05, 4.69) is 10.6 Å². The molecule has 4 nitrogen and oxygen atoms in total. The number of aliphatic hydroxyl groups excluding tert-OH is 1. The second kappa shape index (κ2) is 6.65. The predicted molar refractivity (Wildman–Crippen MR) is 82.0 cm³/mol. The SMILES string of the molecule is O=C(NC1CCc2ccc(F)cc21)NC1CCCCC1CO. The first kappa shape index (κ1) is 15.3. The molecule has 3 unspecified atom stereocenters. The summed E-state index contributed by atoms with van der Waals surface area (Å²) in [5, 5.41) is 15.4. The number of aryl methyl sites for hydroxylation is 1. The summed E-state index contributed by atoms with van der Waals surface area (Å²) in [4.78, 5) is 12.2. The number of benzene rings is 1. The number of aliphatic hydroxyl groups is 1. The lowest BCUT2D eigenvalue weighted by Crippen LogP contribution is -2.48. The van der Waals surface area contributed by atoms with Crippen molar-refractivity contribution >= 4 is 6.03 Å². The van der Waals surface area contributed by atoms with Crippen molar-refractivity contribution in [2.75, 3.05) is 6.61 Å². The van der Waals surface area contributed by atoms with Crippen molar-refractivity contribution in [3.8, 4) is 0 Å². The van der Waals surface area contributed by atoms with Gasteiger partial charge in [0.2, 0.25) is 0 Å². The van der Waals surface area contributed by atoms with E-state index in [0.717, 1.165) is 49.7 Å². The topological polar surface area (TPSA) is 61.4 Å². The van der Waals surface area contributed by atoms with Gasteiger partial charge in [0.1, 0.15) is 5.82 Å². The molecule has 3 N–H and O–H groups in total. The maximum atomic E-state index is 13.4. The Hall–Kier alpha value is -1.62. The third kappa shape index (κ3) is 3.24. The van der Waals surface area contributed by atoms with E-state index in [1.807, 2.05) is 0 Å². The molecule has 1 aromatic rings. The van der Waals surface area contributed by atoms with Crippen molar-refractivity contribution < 1.29 is 14.3 Å². The minimum atomic E-state index is -0.263. The molecule has 2 amide bonds. The number of nitrogens with one attached hydrogen (secondary N) is 2. The normalized spacial score (nSPS) is 27.3. The number of halogens is 1. The van der Waals surface area contributed by atoms with Crippen LogP contribution < -0.4 is 10.6 Å². The average molecular weight is 306 g/mol. The van der Waals surface area contributed by atoms with Gasteiger partial charge in [-0.1, -0.05) is 18.9 Å². The van der Waals surface area contributed by atoms with Crippen LogP contribution in [0.3, 0.4) is 0 Å². The average Bonchev–Trinajstić information content (AvgIpc) is 2.90. The Morgan fingerprint density at radius 1 is 1.23 bits per heavy atom. The molecule has 0 bridgehead atoms. The summed E-state index contributed by atoms with van der Waals surface area (Å²) in [6.45, 7) is 0.114. The summed E-state index contributed by atoms with van der Waals surface area (Å²) in [5.74, 6) is -0.117. The van der Waals surface area contributed by atoms with Gasteiger partial charge < -0.3 is 15.7 Å². The van der Waals surface area contributed by atoms with E-state index >= 15 is 0 Å². The van der Waals surface area contributed by atoms with Crippen LogP contribution in [-0.2, 0) is 6.42 Å². The molecule has 1 aromatic carbocycles. The highest BCUT2D eigenvalue weighted by atomic mass is 19.1. The number of rotatable bonds is 3. The zero-order chi connectivity index (χ0) is 15.5. The molecule has 120 valence electrons. The Morgan fingerprint density at radius 3 is 2.86 bits per heavy atom. The quantitative estimate of drug-likeness (QED) is 0.804. The van der Waals surface area contributed by atoms with Gasteiger partial charge in [-0.25, -0.2) is 9.18 Å². The fourth-order valence-electron chi connectivity index (χ4n) is 3.71. The van der Waals surface area contributed by atoms with E-state index in [4.69, 9.17) is 0 Å². The number of urea groups is 1. The van der Waals surface area contributed by atoms with Gasteiger partial charge >= 0.3 is 6.03 Å². The van der Waals surface area contributed by atoms with Crippen molar-refractivity contribution in [3.63, 3.8) is 0 Å². The Labute approximate surface area is 130 Å². The highest BCUT2D eigenvalue weighted by molar-refractivity contribution is 5.75. The van der Waals surface area contributed by atoms with Crippen LogP contribution in [0.5, 0.6) is 0 Å². The van der Waals surface area contributed by atoms with Gasteiger partial charge in [-0.15, -0.1) is 0 Å². The van der Waals surface area contributed by atoms with Crippen molar-refractivity contribution in [2.45, 2.75) is 50.6 Å². The fraction of sp³-hybridized carbons (Fsp3) is 0.588. The molecule has 0 heterocycles. The van der Waals surface area contributed by atoms with E-state index in [9.17, 15) is 14.3 Å². The number of amides is 2. The van der Waals surface area contributed by atoms with Crippen molar-refractivity contribution in [1.82, 2.24) is 10.6 Å². The third-order valence-corrected chi connectivity index (χ3v) is 4.95. The molecule has 0 saturated heterocycles. The third-order valence-electron chi connectivity index (χ3n) is 4.95. The van der Waals surface area contributed by atoms with Gasteiger partial charge in [0.05, 0.1) is 6.04 Å². The van der Waals surface area contributed by atoms with Crippen molar-refractivity contribution in [1.29, 1.82) is 0 Å². The minimum Gasteiger partial charge on any atom is -0.396 e. The molecular weight excluding hydrogens is 283 g/mol. The minimum absolute atomic E-state index is 0.0344. The summed E-state index contributed by atoms with van der Waals surface area (Å²) >= 11 is 0. The van der Waals surface area contributed by atoms with Crippen LogP contribution in [0, 0.1) is 11.7 Å². The largest absolute Gasteiger partial charge is 0.396 e. The second-order valence-corrected chi connectivity index (χ2v) is 6.39. The molecule has 2 aliphatic rings. The van der Waals surface area contributed by atoms with Gasteiger partial charge in [-0.05, 0) is 48.9 Å². The van der Waals surface area contributed by atoms with E-state index in [1.54, 1.807) is 6.07 Å². The first-order valence-corrected chi connectivity index (χ1v) is 8.13. The number of fused-ring (bicyclic) bond motifs is 1. The maximum Gasteiger partial charge on any atom is 0.315 e. The summed E-state index contributed by atoms with van der Waals surface area (Å²) < 4.78 is 13.4. The van der Waals surface area contributed by atoms with E-state index in [1.165, 1.54) is 12.1 Å². The van der Waals surface area contributed by atoms with Gasteiger partial charge in [-0.3, -0.25) is 0 Å². The standard InChI is InChI=1S/C17H23FN2O2/c18-13-7-5-11-6-8-16(14(11)9-13)20-17(22)19-15-4-2-1-3-12(15)10-21/h5,7,9,12,15-16,21H,1-4,6,8,10H2,(H2,19,20,22). The lowest BCUT2D eigenvalue weighted by Gasteiger charge is -2.31. The van der Waals surface area contributed by atoms with E-state index in [-0.39, 0.29) is 36.5 Å². The van der Waals surface area contributed by atoms with Crippen LogP contribution in [-0.4, -0.2) is 23.8 Å². The first-order valence-electron chi connectivity index (χ1n) is 8.13. The predicted octanol–water partition coefficient (Wildman–Crippen LogP) is 2.66. The van der Waals surface area contributed by atoms with Gasteiger partial charge in [0, 0.05) is 18.6 Å². The maximum absolute atomic E-state index is 13.4. The highest BCUT2D eigenvalue weighted by Gasteiger charge is 2.28. The molecule has 0 radical (unpaired) electrons. The molecule has 22 heavy (non-hydrogen) atoms. The van der Waals surface area contributed by atoms with Crippen LogP contribution in [0.1, 0.15) is 49.3 Å². The Balaban J connectivity index is 1.60. The molecule has 3 atom stereocenters. The summed E-state index contributed by atoms with van der Waals surface area (Å²) in [7, 11) is 0. The van der Waals surface area contributed by atoms with E-state index < -0.39 is 0 Å². The first-order chi connectivity index (χ1) is 10.7. The number of carbonyl (C=O) groups is 1. The van der Waals surface area contributed by atoms with Crippen LogP contribution in [0.2, 0.25) is 0 Å². The summed E-state index contributed by atoms with van der Waals surface area (Å²) in [6.07, 6.45) is 5.73. The summed E-state index contributed by atoms with van der Waals surface area (Å²) in [5.41, 5.74) is 2.00. The van der Waals surface area contributed by atoms with Gasteiger partial charge in [0.15, 0.2) is 0 Å². The number of hydrogen-bond donors (Lipinski definition) is 3. The zero-order valence-corrected chi connectivity index (χ0v) is 12.6. The molecule has 1 fully saturated rings. The van der Waals surface area contributed by atoms with Crippen LogP contribution in [0.15, 0.2) is 18.2 Å². The molecular formula is C17H23FN2O2. The second-order valence-electron chi connectivity index (χ2n) is 6.39. The lowest BCUT2D eigenvalue weighted by molar-refractivity contribution is 0.153.